The first-order valence-corrected chi connectivity index (χ1v) is 10.1. The van der Waals surface area contributed by atoms with Crippen molar-refractivity contribution in [2.24, 2.45) is 5.92 Å². The van der Waals surface area contributed by atoms with Crippen LogP contribution in [0.1, 0.15) is 47.7 Å². The van der Waals surface area contributed by atoms with Gasteiger partial charge in [-0.05, 0) is 50.7 Å². The van der Waals surface area contributed by atoms with E-state index in [1.54, 1.807) is 16.8 Å². The monoisotopic (exact) mass is 394 g/mol. The maximum Gasteiger partial charge on any atom is 0.269 e. The van der Waals surface area contributed by atoms with Crippen LogP contribution in [0.2, 0.25) is 0 Å². The minimum atomic E-state index is -0.103. The van der Waals surface area contributed by atoms with Gasteiger partial charge in [-0.2, -0.15) is 0 Å². The Kier molecular flexibility index (Phi) is 5.59. The zero-order chi connectivity index (χ0) is 20.2. The number of fused-ring (bicyclic) bond motifs is 1. The van der Waals surface area contributed by atoms with Crippen LogP contribution in [0.4, 0.5) is 0 Å². The van der Waals surface area contributed by atoms with Gasteiger partial charge in [0, 0.05) is 30.7 Å². The van der Waals surface area contributed by atoms with Crippen LogP contribution in [0.5, 0.6) is 0 Å². The molecule has 8 heteroatoms. The normalized spacial score (nSPS) is 19.2. The van der Waals surface area contributed by atoms with E-state index in [2.05, 4.69) is 25.6 Å². The average molecular weight is 394 g/mol. The van der Waals surface area contributed by atoms with E-state index in [0.29, 0.717) is 24.6 Å². The van der Waals surface area contributed by atoms with Gasteiger partial charge in [-0.3, -0.25) is 14.0 Å². The van der Waals surface area contributed by atoms with Crippen molar-refractivity contribution in [1.29, 1.82) is 0 Å². The van der Waals surface area contributed by atoms with Crippen LogP contribution in [0.15, 0.2) is 36.8 Å². The molecule has 152 valence electrons. The summed E-state index contributed by atoms with van der Waals surface area (Å²) in [6.45, 7) is 2.52. The van der Waals surface area contributed by atoms with Crippen molar-refractivity contribution >= 4 is 17.5 Å². The second kappa shape index (κ2) is 8.46. The summed E-state index contributed by atoms with van der Waals surface area (Å²) >= 11 is 0. The highest BCUT2D eigenvalue weighted by molar-refractivity contribution is 5.93. The van der Waals surface area contributed by atoms with E-state index in [4.69, 9.17) is 0 Å². The number of H-pyrrole nitrogens is 1. The number of hydrogen-bond donors (Lipinski definition) is 3. The summed E-state index contributed by atoms with van der Waals surface area (Å²) in [5.41, 5.74) is 2.15. The molecule has 3 N–H and O–H groups in total. The molecule has 1 saturated carbocycles. The van der Waals surface area contributed by atoms with Crippen LogP contribution in [0.25, 0.3) is 5.65 Å². The average Bonchev–Trinajstić information content (AvgIpc) is 3.33. The molecule has 0 unspecified atom stereocenters. The molecule has 2 amide bonds. The molecule has 1 fully saturated rings. The number of rotatable bonds is 6. The lowest BCUT2D eigenvalue weighted by atomic mass is 9.86. The predicted octanol–water partition coefficient (Wildman–Crippen LogP) is 2.01. The SMILES string of the molecule is Cc1ncc(CC(=O)NC2CCC(CNC(=O)c3cnc4ccccn34)CC2)[nH]1. The van der Waals surface area contributed by atoms with Crippen LogP contribution < -0.4 is 10.6 Å². The number of aromatic nitrogens is 4. The van der Waals surface area contributed by atoms with Crippen molar-refractivity contribution in [3.8, 4) is 0 Å². The van der Waals surface area contributed by atoms with Gasteiger partial charge in [0.1, 0.15) is 17.2 Å². The molecular formula is C21H26N6O2. The molecule has 0 radical (unpaired) electrons. The van der Waals surface area contributed by atoms with E-state index >= 15 is 0 Å². The first-order chi connectivity index (χ1) is 14.1. The fraction of sp³-hybridized carbons (Fsp3) is 0.429. The third-order valence-corrected chi connectivity index (χ3v) is 5.52. The number of nitrogens with one attached hydrogen (secondary N) is 3. The molecule has 0 aliphatic heterocycles. The van der Waals surface area contributed by atoms with Gasteiger partial charge < -0.3 is 15.6 Å². The van der Waals surface area contributed by atoms with E-state index in [9.17, 15) is 9.59 Å². The Morgan fingerprint density at radius 2 is 2.00 bits per heavy atom. The van der Waals surface area contributed by atoms with Gasteiger partial charge in [-0.15, -0.1) is 0 Å². The highest BCUT2D eigenvalue weighted by Crippen LogP contribution is 2.24. The zero-order valence-corrected chi connectivity index (χ0v) is 16.5. The van der Waals surface area contributed by atoms with Gasteiger partial charge >= 0.3 is 0 Å². The molecule has 1 aliphatic rings. The van der Waals surface area contributed by atoms with Crippen molar-refractivity contribution in [2.75, 3.05) is 6.54 Å². The second-order valence-corrected chi connectivity index (χ2v) is 7.74. The molecular weight excluding hydrogens is 368 g/mol. The molecule has 29 heavy (non-hydrogen) atoms. The number of aryl methyl sites for hydroxylation is 1. The molecule has 4 rings (SSSR count). The molecule has 0 spiro atoms. The maximum atomic E-state index is 12.5. The van der Waals surface area contributed by atoms with Crippen LogP contribution in [-0.4, -0.2) is 43.8 Å². The van der Waals surface area contributed by atoms with Crippen molar-refractivity contribution in [3.05, 3.63) is 54.0 Å². The third kappa shape index (κ3) is 4.64. The number of hydrogen-bond acceptors (Lipinski definition) is 4. The third-order valence-electron chi connectivity index (χ3n) is 5.52. The number of aromatic amines is 1. The first-order valence-electron chi connectivity index (χ1n) is 10.1. The fourth-order valence-corrected chi connectivity index (χ4v) is 3.95. The van der Waals surface area contributed by atoms with Gasteiger partial charge in [0.2, 0.25) is 5.91 Å². The minimum absolute atomic E-state index is 0.0259. The highest BCUT2D eigenvalue weighted by Gasteiger charge is 2.23. The van der Waals surface area contributed by atoms with Crippen molar-refractivity contribution in [2.45, 2.75) is 45.1 Å². The molecule has 8 nitrogen and oxygen atoms in total. The Hall–Kier alpha value is -3.16. The molecule has 0 aromatic carbocycles. The number of pyridine rings is 1. The number of amides is 2. The molecule has 0 saturated heterocycles. The minimum Gasteiger partial charge on any atom is -0.353 e. The Labute approximate surface area is 169 Å². The van der Waals surface area contributed by atoms with Gasteiger partial charge in [-0.1, -0.05) is 6.07 Å². The highest BCUT2D eigenvalue weighted by atomic mass is 16.2. The van der Waals surface area contributed by atoms with Crippen LogP contribution in [0, 0.1) is 12.8 Å². The summed E-state index contributed by atoms with van der Waals surface area (Å²) in [6, 6.07) is 5.86. The molecule has 3 aromatic heterocycles. The van der Waals surface area contributed by atoms with Crippen molar-refractivity contribution in [3.63, 3.8) is 0 Å². The molecule has 0 atom stereocenters. The number of carbonyl (C=O) groups is 2. The lowest BCUT2D eigenvalue weighted by Crippen LogP contribution is -2.40. The van der Waals surface area contributed by atoms with E-state index in [1.165, 1.54) is 0 Å². The Morgan fingerprint density at radius 1 is 1.17 bits per heavy atom. The summed E-state index contributed by atoms with van der Waals surface area (Å²) in [6.07, 6.45) is 9.33. The Bertz CT molecular complexity index is 999. The number of carbonyl (C=O) groups excluding carboxylic acids is 2. The summed E-state index contributed by atoms with van der Waals surface area (Å²) in [4.78, 5) is 36.2. The predicted molar refractivity (Wildman–Crippen MR) is 108 cm³/mol. The first kappa shape index (κ1) is 19.2. The fourth-order valence-electron chi connectivity index (χ4n) is 3.95. The van der Waals surface area contributed by atoms with Crippen LogP contribution in [-0.2, 0) is 11.2 Å². The summed E-state index contributed by atoms with van der Waals surface area (Å²) in [5.74, 6) is 1.17. The standard InChI is InChI=1S/C21H26N6O2/c1-14-22-12-17(25-14)10-20(28)26-16-7-5-15(6-8-16)11-24-21(29)18-13-23-19-4-2-3-9-27(18)19/h2-4,9,12-13,15-16H,5-8,10-11H2,1H3,(H,22,25)(H,24,29)(H,26,28). The lowest BCUT2D eigenvalue weighted by Gasteiger charge is -2.29. The van der Waals surface area contributed by atoms with Gasteiger partial charge in [0.25, 0.3) is 5.91 Å². The van der Waals surface area contributed by atoms with Crippen molar-refractivity contribution < 1.29 is 9.59 Å². The maximum absolute atomic E-state index is 12.5. The molecule has 3 aromatic rings. The lowest BCUT2D eigenvalue weighted by molar-refractivity contribution is -0.121. The van der Waals surface area contributed by atoms with Gasteiger partial charge in [0.05, 0.1) is 12.6 Å². The van der Waals surface area contributed by atoms with Crippen LogP contribution in [0.3, 0.4) is 0 Å². The summed E-state index contributed by atoms with van der Waals surface area (Å²) < 4.78 is 1.79. The van der Waals surface area contributed by atoms with Gasteiger partial charge in [0.15, 0.2) is 0 Å². The van der Waals surface area contributed by atoms with E-state index in [1.807, 2.05) is 31.3 Å². The van der Waals surface area contributed by atoms with Crippen LogP contribution >= 0.6 is 0 Å². The largest absolute Gasteiger partial charge is 0.353 e. The summed E-state index contributed by atoms with van der Waals surface area (Å²) in [7, 11) is 0. The zero-order valence-electron chi connectivity index (χ0n) is 16.5. The molecule has 0 bridgehead atoms. The number of imidazole rings is 2. The quantitative estimate of drug-likeness (QED) is 0.595. The Morgan fingerprint density at radius 3 is 2.76 bits per heavy atom. The van der Waals surface area contributed by atoms with Gasteiger partial charge in [-0.25, -0.2) is 9.97 Å². The Balaban J connectivity index is 1.21. The molecule has 3 heterocycles. The van der Waals surface area contributed by atoms with Crippen molar-refractivity contribution in [1.82, 2.24) is 30.0 Å². The van der Waals surface area contributed by atoms with E-state index in [-0.39, 0.29) is 17.9 Å². The molecule has 1 aliphatic carbocycles. The topological polar surface area (TPSA) is 104 Å². The number of nitrogens with zero attached hydrogens (tertiary/aromatic N) is 3. The summed E-state index contributed by atoms with van der Waals surface area (Å²) in [5, 5.41) is 6.16. The van der Waals surface area contributed by atoms with E-state index < -0.39 is 0 Å². The smallest absolute Gasteiger partial charge is 0.269 e. The second-order valence-electron chi connectivity index (χ2n) is 7.74. The van der Waals surface area contributed by atoms with E-state index in [0.717, 1.165) is 42.8 Å².